The standard InChI is InChI=1S/C29H43N3O2/c1-4-21(2)26(31(3)27(33)25(30)20-22-10-6-5-7-11-22)28(34)32-18-16-29(17-19-32)15-14-23-12-8-9-13-24(23)29/h8-9,12-15,21-22,25-26H,4-7,10-11,16-20,30H2,1-3H3/t21-,25-,26-/m0/s1. The van der Waals surface area contributed by atoms with Crippen LogP contribution in [0.3, 0.4) is 0 Å². The van der Waals surface area contributed by atoms with Gasteiger partial charge in [-0.1, -0.05) is 88.8 Å². The molecule has 1 saturated carbocycles. The van der Waals surface area contributed by atoms with Gasteiger partial charge in [-0.3, -0.25) is 9.59 Å². The number of benzene rings is 1. The van der Waals surface area contributed by atoms with Gasteiger partial charge in [-0.05, 0) is 42.2 Å². The predicted molar refractivity (Wildman–Crippen MR) is 138 cm³/mol. The molecule has 0 unspecified atom stereocenters. The van der Waals surface area contributed by atoms with Gasteiger partial charge < -0.3 is 15.5 Å². The van der Waals surface area contributed by atoms with Crippen molar-refractivity contribution in [2.24, 2.45) is 17.6 Å². The van der Waals surface area contributed by atoms with E-state index >= 15 is 0 Å². The predicted octanol–water partition coefficient (Wildman–Crippen LogP) is 4.74. The molecule has 1 aromatic carbocycles. The minimum absolute atomic E-state index is 0.0450. The van der Waals surface area contributed by atoms with Gasteiger partial charge in [0.05, 0.1) is 6.04 Å². The number of nitrogens with two attached hydrogens (primary N) is 1. The van der Waals surface area contributed by atoms with Crippen molar-refractivity contribution >= 4 is 17.9 Å². The monoisotopic (exact) mass is 465 g/mol. The van der Waals surface area contributed by atoms with E-state index < -0.39 is 12.1 Å². The summed E-state index contributed by atoms with van der Waals surface area (Å²) in [7, 11) is 1.79. The molecule has 5 heteroatoms. The molecule has 34 heavy (non-hydrogen) atoms. The first-order valence-corrected chi connectivity index (χ1v) is 13.5. The lowest BCUT2D eigenvalue weighted by Crippen LogP contribution is -2.57. The molecule has 2 fully saturated rings. The maximum Gasteiger partial charge on any atom is 0.245 e. The van der Waals surface area contributed by atoms with Crippen molar-refractivity contribution in [3.63, 3.8) is 0 Å². The van der Waals surface area contributed by atoms with Crippen molar-refractivity contribution in [3.05, 3.63) is 41.5 Å². The van der Waals surface area contributed by atoms with Crippen molar-refractivity contribution < 1.29 is 9.59 Å². The van der Waals surface area contributed by atoms with Gasteiger partial charge in [0.25, 0.3) is 0 Å². The number of piperidine rings is 1. The average Bonchev–Trinajstić information content (AvgIpc) is 3.22. The summed E-state index contributed by atoms with van der Waals surface area (Å²) in [6, 6.07) is 7.64. The van der Waals surface area contributed by atoms with Gasteiger partial charge in [0.15, 0.2) is 0 Å². The highest BCUT2D eigenvalue weighted by molar-refractivity contribution is 5.90. The Kier molecular flexibility index (Phi) is 7.81. The van der Waals surface area contributed by atoms with Gasteiger partial charge in [-0.15, -0.1) is 0 Å². The van der Waals surface area contributed by atoms with Crippen molar-refractivity contribution in [1.82, 2.24) is 9.80 Å². The molecule has 4 rings (SSSR count). The van der Waals surface area contributed by atoms with Crippen molar-refractivity contribution in [1.29, 1.82) is 0 Å². The van der Waals surface area contributed by atoms with Crippen molar-refractivity contribution in [2.45, 2.75) is 89.1 Å². The maximum absolute atomic E-state index is 13.8. The first-order valence-electron chi connectivity index (χ1n) is 13.5. The zero-order valence-electron chi connectivity index (χ0n) is 21.3. The van der Waals surface area contributed by atoms with Gasteiger partial charge >= 0.3 is 0 Å². The third-order valence-corrected chi connectivity index (χ3v) is 8.88. The Hall–Kier alpha value is -2.14. The van der Waals surface area contributed by atoms with E-state index in [1.54, 1.807) is 11.9 Å². The lowest BCUT2D eigenvalue weighted by molar-refractivity contribution is -0.148. The summed E-state index contributed by atoms with van der Waals surface area (Å²) in [6.07, 6.45) is 14.1. The number of hydrogen-bond acceptors (Lipinski definition) is 3. The molecule has 3 aliphatic rings. The zero-order valence-corrected chi connectivity index (χ0v) is 21.3. The molecule has 1 spiro atoms. The number of allylic oxidation sites excluding steroid dienone is 1. The number of hydrogen-bond donors (Lipinski definition) is 1. The summed E-state index contributed by atoms with van der Waals surface area (Å²) in [5.74, 6) is 0.635. The number of likely N-dealkylation sites (N-methyl/N-ethyl adjacent to an activating group) is 1. The quantitative estimate of drug-likeness (QED) is 0.632. The van der Waals surface area contributed by atoms with Gasteiger partial charge in [-0.2, -0.15) is 0 Å². The first-order chi connectivity index (χ1) is 16.4. The van der Waals surface area contributed by atoms with E-state index in [1.165, 1.54) is 43.2 Å². The molecule has 1 aliphatic heterocycles. The van der Waals surface area contributed by atoms with Crippen LogP contribution in [0, 0.1) is 11.8 Å². The Balaban J connectivity index is 1.42. The molecule has 2 N–H and O–H groups in total. The average molecular weight is 466 g/mol. The fourth-order valence-corrected chi connectivity index (χ4v) is 6.48. The van der Waals surface area contributed by atoms with Gasteiger partial charge in [-0.25, -0.2) is 0 Å². The normalized spacial score (nSPS) is 22.3. The Morgan fingerprint density at radius 3 is 2.50 bits per heavy atom. The maximum atomic E-state index is 13.8. The van der Waals surface area contributed by atoms with Crippen LogP contribution in [0.15, 0.2) is 30.3 Å². The SMILES string of the molecule is CC[C@H](C)[C@@H](C(=O)N1CCC2(C=Cc3ccccc32)CC1)N(C)C(=O)[C@@H](N)CC1CCCCC1. The van der Waals surface area contributed by atoms with E-state index in [0.717, 1.165) is 38.8 Å². The highest BCUT2D eigenvalue weighted by Gasteiger charge is 2.42. The Morgan fingerprint density at radius 2 is 1.82 bits per heavy atom. The molecule has 2 amide bonds. The second-order valence-corrected chi connectivity index (χ2v) is 11.0. The molecule has 186 valence electrons. The van der Waals surface area contributed by atoms with Gasteiger partial charge in [0, 0.05) is 25.6 Å². The van der Waals surface area contributed by atoms with Crippen LogP contribution in [0.4, 0.5) is 0 Å². The van der Waals surface area contributed by atoms with E-state index in [1.807, 2.05) is 4.90 Å². The molecule has 0 radical (unpaired) electrons. The summed E-state index contributed by atoms with van der Waals surface area (Å²) >= 11 is 0. The van der Waals surface area contributed by atoms with E-state index in [4.69, 9.17) is 5.73 Å². The zero-order chi connectivity index (χ0) is 24.3. The summed E-state index contributed by atoms with van der Waals surface area (Å²) in [6.45, 7) is 5.62. The van der Waals surface area contributed by atoms with Crippen LogP contribution in [0.5, 0.6) is 0 Å². The number of nitrogens with zero attached hydrogens (tertiary/aromatic N) is 2. The molecule has 0 bridgehead atoms. The lowest BCUT2D eigenvalue weighted by Gasteiger charge is -2.42. The minimum atomic E-state index is -0.516. The lowest BCUT2D eigenvalue weighted by atomic mass is 9.74. The molecular formula is C29H43N3O2. The second-order valence-electron chi connectivity index (χ2n) is 11.0. The third-order valence-electron chi connectivity index (χ3n) is 8.88. The Labute approximate surface area is 205 Å². The smallest absolute Gasteiger partial charge is 0.245 e. The third kappa shape index (κ3) is 4.95. The van der Waals surface area contributed by atoms with Crippen LogP contribution >= 0.6 is 0 Å². The molecule has 3 atom stereocenters. The minimum Gasteiger partial charge on any atom is -0.341 e. The van der Waals surface area contributed by atoms with Crippen LogP contribution in [0.25, 0.3) is 6.08 Å². The summed E-state index contributed by atoms with van der Waals surface area (Å²) < 4.78 is 0. The summed E-state index contributed by atoms with van der Waals surface area (Å²) in [5, 5.41) is 0. The van der Waals surface area contributed by atoms with Crippen LogP contribution in [-0.4, -0.2) is 53.8 Å². The highest BCUT2D eigenvalue weighted by Crippen LogP contribution is 2.43. The van der Waals surface area contributed by atoms with Crippen LogP contribution in [0.1, 0.15) is 82.8 Å². The Morgan fingerprint density at radius 1 is 1.15 bits per heavy atom. The molecule has 1 saturated heterocycles. The first kappa shape index (κ1) is 25.0. The number of fused-ring (bicyclic) bond motifs is 2. The topological polar surface area (TPSA) is 66.6 Å². The fourth-order valence-electron chi connectivity index (χ4n) is 6.48. The second kappa shape index (κ2) is 10.6. The number of carbonyl (C=O) groups excluding carboxylic acids is 2. The molecule has 0 aromatic heterocycles. The van der Waals surface area contributed by atoms with E-state index in [-0.39, 0.29) is 23.1 Å². The Bertz CT molecular complexity index is 896. The van der Waals surface area contributed by atoms with Gasteiger partial charge in [0.1, 0.15) is 6.04 Å². The largest absolute Gasteiger partial charge is 0.341 e. The molecule has 1 heterocycles. The summed E-state index contributed by atoms with van der Waals surface area (Å²) in [4.78, 5) is 30.8. The van der Waals surface area contributed by atoms with E-state index in [0.29, 0.717) is 5.92 Å². The van der Waals surface area contributed by atoms with Crippen LogP contribution in [0.2, 0.25) is 0 Å². The molecule has 1 aromatic rings. The number of likely N-dealkylation sites (tertiary alicyclic amines) is 1. The van der Waals surface area contributed by atoms with Gasteiger partial charge in [0.2, 0.25) is 11.8 Å². The number of amides is 2. The van der Waals surface area contributed by atoms with E-state index in [9.17, 15) is 9.59 Å². The number of carbonyl (C=O) groups is 2. The fraction of sp³-hybridized carbons (Fsp3) is 0.655. The number of rotatable bonds is 7. The molecule has 5 nitrogen and oxygen atoms in total. The van der Waals surface area contributed by atoms with E-state index in [2.05, 4.69) is 50.3 Å². The summed E-state index contributed by atoms with van der Waals surface area (Å²) in [5.41, 5.74) is 9.15. The van der Waals surface area contributed by atoms with Crippen LogP contribution in [-0.2, 0) is 15.0 Å². The van der Waals surface area contributed by atoms with Crippen molar-refractivity contribution in [2.75, 3.05) is 20.1 Å². The van der Waals surface area contributed by atoms with Crippen LogP contribution < -0.4 is 5.73 Å². The van der Waals surface area contributed by atoms with Crippen molar-refractivity contribution in [3.8, 4) is 0 Å². The molecule has 2 aliphatic carbocycles. The highest BCUT2D eigenvalue weighted by atomic mass is 16.2. The molecular weight excluding hydrogens is 422 g/mol.